The summed E-state index contributed by atoms with van der Waals surface area (Å²) >= 11 is 1.15. The third-order valence-corrected chi connectivity index (χ3v) is 4.63. The molecule has 1 aliphatic rings. The van der Waals surface area contributed by atoms with Crippen LogP contribution in [0.2, 0.25) is 0 Å². The monoisotopic (exact) mass is 341 g/mol. The molecule has 1 heterocycles. The fourth-order valence-corrected chi connectivity index (χ4v) is 3.15. The van der Waals surface area contributed by atoms with Crippen LogP contribution in [0, 0.1) is 0 Å². The predicted molar refractivity (Wildman–Crippen MR) is 94.9 cm³/mol. The summed E-state index contributed by atoms with van der Waals surface area (Å²) in [6.45, 7) is 4.34. The summed E-state index contributed by atoms with van der Waals surface area (Å²) < 4.78 is 0. The number of carboxylic acid groups (broad SMARTS) is 1. The lowest BCUT2D eigenvalue weighted by atomic mass is 10.1. The lowest BCUT2D eigenvalue weighted by molar-refractivity contribution is -0.138. The van der Waals surface area contributed by atoms with Crippen molar-refractivity contribution < 1.29 is 14.7 Å². The molecular weight excluding hydrogens is 314 g/mol. The fourth-order valence-electron chi connectivity index (χ4n) is 2.24. The van der Waals surface area contributed by atoms with Crippen LogP contribution in [-0.4, -0.2) is 33.1 Å². The standard InChI is InChI=1S/C16H27N3O3S/c1-3-5-7-9-12(10-8-6-4-2)18-19-16-17-15(22)13(23-16)11-14(20)21/h13H,3-11H2,1-2H3,(H,20,21)(H,17,19,22). The normalized spacial score (nSPS) is 19.0. The van der Waals surface area contributed by atoms with E-state index >= 15 is 0 Å². The molecule has 7 heteroatoms. The first-order chi connectivity index (χ1) is 11.1. The van der Waals surface area contributed by atoms with Gasteiger partial charge in [-0.2, -0.15) is 5.10 Å². The third-order valence-electron chi connectivity index (χ3n) is 3.56. The lowest BCUT2D eigenvalue weighted by Gasteiger charge is -2.04. The number of aliphatic carboxylic acids is 1. The van der Waals surface area contributed by atoms with E-state index in [2.05, 4.69) is 29.4 Å². The molecule has 0 radical (unpaired) electrons. The van der Waals surface area contributed by atoms with Crippen molar-refractivity contribution in [1.82, 2.24) is 5.32 Å². The van der Waals surface area contributed by atoms with Crippen molar-refractivity contribution in [2.75, 3.05) is 0 Å². The van der Waals surface area contributed by atoms with Crippen molar-refractivity contribution in [2.45, 2.75) is 76.9 Å². The van der Waals surface area contributed by atoms with Crippen LogP contribution in [0.3, 0.4) is 0 Å². The number of amides is 1. The highest BCUT2D eigenvalue weighted by Gasteiger charge is 2.32. The molecule has 130 valence electrons. The number of nitrogens with zero attached hydrogens (tertiary/aromatic N) is 2. The molecule has 0 aromatic rings. The highest BCUT2D eigenvalue weighted by atomic mass is 32.2. The molecule has 0 aromatic carbocycles. The summed E-state index contributed by atoms with van der Waals surface area (Å²) in [5, 5.41) is 19.6. The number of carbonyl (C=O) groups is 2. The van der Waals surface area contributed by atoms with Crippen molar-refractivity contribution in [3.05, 3.63) is 0 Å². The van der Waals surface area contributed by atoms with E-state index in [0.29, 0.717) is 5.17 Å². The zero-order chi connectivity index (χ0) is 17.1. The van der Waals surface area contributed by atoms with Gasteiger partial charge in [0.1, 0.15) is 5.25 Å². The molecule has 0 spiro atoms. The second-order valence-corrected chi connectivity index (χ2v) is 6.87. The Hall–Kier alpha value is -1.37. The second kappa shape index (κ2) is 11.2. The van der Waals surface area contributed by atoms with Crippen molar-refractivity contribution in [3.63, 3.8) is 0 Å². The van der Waals surface area contributed by atoms with Crippen LogP contribution in [0.25, 0.3) is 0 Å². The van der Waals surface area contributed by atoms with Crippen LogP contribution in [0.1, 0.15) is 71.6 Å². The van der Waals surface area contributed by atoms with Crippen LogP contribution in [0.15, 0.2) is 10.2 Å². The highest BCUT2D eigenvalue weighted by Crippen LogP contribution is 2.22. The fraction of sp³-hybridized carbons (Fsp3) is 0.750. The van der Waals surface area contributed by atoms with Gasteiger partial charge in [0.25, 0.3) is 0 Å². The van der Waals surface area contributed by atoms with E-state index in [-0.39, 0.29) is 12.3 Å². The Kier molecular flexibility index (Phi) is 9.59. The molecule has 6 nitrogen and oxygen atoms in total. The van der Waals surface area contributed by atoms with Gasteiger partial charge in [0, 0.05) is 5.71 Å². The number of hydrogen-bond donors (Lipinski definition) is 2. The molecule has 1 unspecified atom stereocenters. The summed E-state index contributed by atoms with van der Waals surface area (Å²) in [6.07, 6.45) is 8.57. The number of carboxylic acids is 1. The Morgan fingerprint density at radius 2 is 1.78 bits per heavy atom. The number of rotatable bonds is 11. The average molecular weight is 341 g/mol. The summed E-state index contributed by atoms with van der Waals surface area (Å²) in [5.41, 5.74) is 1.07. The first-order valence-electron chi connectivity index (χ1n) is 8.39. The largest absolute Gasteiger partial charge is 0.481 e. The van der Waals surface area contributed by atoms with Crippen LogP contribution >= 0.6 is 11.8 Å². The van der Waals surface area contributed by atoms with Crippen molar-refractivity contribution in [2.24, 2.45) is 10.2 Å². The zero-order valence-corrected chi connectivity index (χ0v) is 14.8. The highest BCUT2D eigenvalue weighted by molar-refractivity contribution is 8.15. The van der Waals surface area contributed by atoms with Gasteiger partial charge in [-0.3, -0.25) is 9.59 Å². The number of nitrogens with one attached hydrogen (secondary N) is 1. The molecule has 1 saturated heterocycles. The van der Waals surface area contributed by atoms with Crippen LogP contribution in [-0.2, 0) is 9.59 Å². The Morgan fingerprint density at radius 1 is 1.17 bits per heavy atom. The molecule has 1 aliphatic heterocycles. The average Bonchev–Trinajstić information content (AvgIpc) is 2.84. The summed E-state index contributed by atoms with van der Waals surface area (Å²) in [5.74, 6) is -1.29. The molecular formula is C16H27N3O3S. The van der Waals surface area contributed by atoms with Crippen LogP contribution < -0.4 is 5.32 Å². The van der Waals surface area contributed by atoms with Crippen molar-refractivity contribution >= 4 is 34.5 Å². The topological polar surface area (TPSA) is 91.1 Å². The van der Waals surface area contributed by atoms with E-state index in [9.17, 15) is 9.59 Å². The molecule has 1 atom stereocenters. The number of hydrogen-bond acceptors (Lipinski definition) is 5. The number of unbranched alkanes of at least 4 members (excludes halogenated alkanes) is 4. The summed E-state index contributed by atoms with van der Waals surface area (Å²) in [7, 11) is 0. The van der Waals surface area contributed by atoms with Gasteiger partial charge in [-0.25, -0.2) is 0 Å². The van der Waals surface area contributed by atoms with E-state index < -0.39 is 11.2 Å². The first kappa shape index (κ1) is 19.7. The summed E-state index contributed by atoms with van der Waals surface area (Å²) in [6, 6.07) is 0. The Labute approximate surface area is 142 Å². The van der Waals surface area contributed by atoms with Crippen molar-refractivity contribution in [3.8, 4) is 0 Å². The minimum atomic E-state index is -0.984. The lowest BCUT2D eigenvalue weighted by Crippen LogP contribution is -2.26. The molecule has 0 aromatic heterocycles. The molecule has 1 fully saturated rings. The van der Waals surface area contributed by atoms with Gasteiger partial charge in [0.15, 0.2) is 5.17 Å². The van der Waals surface area contributed by atoms with Gasteiger partial charge >= 0.3 is 5.97 Å². The Balaban J connectivity index is 2.62. The Bertz CT molecular complexity index is 451. The number of carbonyl (C=O) groups excluding carboxylic acids is 1. The quantitative estimate of drug-likeness (QED) is 0.341. The number of amidine groups is 1. The zero-order valence-electron chi connectivity index (χ0n) is 14.0. The van der Waals surface area contributed by atoms with Gasteiger partial charge in [0.2, 0.25) is 5.91 Å². The minimum Gasteiger partial charge on any atom is -0.481 e. The number of thioether (sulfide) groups is 1. The molecule has 1 amide bonds. The predicted octanol–water partition coefficient (Wildman–Crippen LogP) is 3.57. The molecule has 23 heavy (non-hydrogen) atoms. The minimum absolute atomic E-state index is 0.195. The van der Waals surface area contributed by atoms with E-state index in [0.717, 1.165) is 43.2 Å². The second-order valence-electron chi connectivity index (χ2n) is 5.68. The van der Waals surface area contributed by atoms with E-state index in [1.165, 1.54) is 25.7 Å². The molecule has 1 rings (SSSR count). The molecule has 0 saturated carbocycles. The SMILES string of the molecule is CCCCCC(CCCCC)=N/N=C1\NC(=O)C(CC(=O)O)S1. The smallest absolute Gasteiger partial charge is 0.305 e. The summed E-state index contributed by atoms with van der Waals surface area (Å²) in [4.78, 5) is 22.4. The molecule has 0 bridgehead atoms. The first-order valence-corrected chi connectivity index (χ1v) is 9.27. The van der Waals surface area contributed by atoms with Crippen LogP contribution in [0.5, 0.6) is 0 Å². The molecule has 0 aliphatic carbocycles. The van der Waals surface area contributed by atoms with E-state index in [1.54, 1.807) is 0 Å². The van der Waals surface area contributed by atoms with E-state index in [1.807, 2.05) is 0 Å². The van der Waals surface area contributed by atoms with Gasteiger partial charge in [0.05, 0.1) is 6.42 Å². The maximum Gasteiger partial charge on any atom is 0.305 e. The van der Waals surface area contributed by atoms with Crippen LogP contribution in [0.4, 0.5) is 0 Å². The van der Waals surface area contributed by atoms with Crippen molar-refractivity contribution in [1.29, 1.82) is 0 Å². The third kappa shape index (κ3) is 8.16. The van der Waals surface area contributed by atoms with Gasteiger partial charge in [-0.05, 0) is 25.7 Å². The van der Waals surface area contributed by atoms with Gasteiger partial charge in [-0.1, -0.05) is 51.3 Å². The maximum absolute atomic E-state index is 11.7. The maximum atomic E-state index is 11.7. The molecule has 2 N–H and O–H groups in total. The van der Waals surface area contributed by atoms with Gasteiger partial charge in [-0.15, -0.1) is 5.10 Å². The Morgan fingerprint density at radius 3 is 2.30 bits per heavy atom. The van der Waals surface area contributed by atoms with Gasteiger partial charge < -0.3 is 10.4 Å². The van der Waals surface area contributed by atoms with E-state index in [4.69, 9.17) is 5.11 Å².